The average molecular weight is 307 g/mol. The van der Waals surface area contributed by atoms with Crippen LogP contribution in [0.2, 0.25) is 0 Å². The summed E-state index contributed by atoms with van der Waals surface area (Å²) in [6.45, 7) is 5.74. The van der Waals surface area contributed by atoms with Gasteiger partial charge >= 0.3 is 0 Å². The van der Waals surface area contributed by atoms with E-state index in [-0.39, 0.29) is 11.7 Å². The normalized spacial score (nSPS) is 11.0. The summed E-state index contributed by atoms with van der Waals surface area (Å²) in [7, 11) is 0. The summed E-state index contributed by atoms with van der Waals surface area (Å²) in [4.78, 5) is 23.3. The van der Waals surface area contributed by atoms with E-state index in [1.165, 1.54) is 12.5 Å². The molecule has 0 atom stereocenters. The van der Waals surface area contributed by atoms with E-state index in [1.54, 1.807) is 36.4 Å². The summed E-state index contributed by atoms with van der Waals surface area (Å²) >= 11 is 0. The van der Waals surface area contributed by atoms with E-state index in [2.05, 4.69) is 31.3 Å². The highest BCUT2D eigenvalue weighted by atomic mass is 16.1. The van der Waals surface area contributed by atoms with Crippen molar-refractivity contribution in [2.75, 3.05) is 5.32 Å². The Hall–Kier alpha value is -2.68. The Labute approximate surface area is 137 Å². The van der Waals surface area contributed by atoms with Gasteiger partial charge in [-0.15, -0.1) is 0 Å². The zero-order chi connectivity index (χ0) is 16.8. The molecule has 3 nitrogen and oxygen atoms in total. The minimum Gasteiger partial charge on any atom is -0.326 e. The second-order valence-electron chi connectivity index (χ2n) is 5.78. The summed E-state index contributed by atoms with van der Waals surface area (Å²) in [6.07, 6.45) is 3.36. The summed E-state index contributed by atoms with van der Waals surface area (Å²) in [5.41, 5.74) is 3.43. The van der Waals surface area contributed by atoms with Crippen molar-refractivity contribution in [2.24, 2.45) is 0 Å². The zero-order valence-electron chi connectivity index (χ0n) is 13.7. The monoisotopic (exact) mass is 307 g/mol. The quantitative estimate of drug-likeness (QED) is 0.645. The zero-order valence-corrected chi connectivity index (χ0v) is 13.7. The van der Waals surface area contributed by atoms with Crippen molar-refractivity contribution in [1.29, 1.82) is 0 Å². The lowest BCUT2D eigenvalue weighted by Crippen LogP contribution is -2.06. The molecule has 0 radical (unpaired) electrons. The second-order valence-corrected chi connectivity index (χ2v) is 5.78. The van der Waals surface area contributed by atoms with Crippen LogP contribution in [0.1, 0.15) is 48.2 Å². The maximum absolute atomic E-state index is 12.2. The van der Waals surface area contributed by atoms with Crippen molar-refractivity contribution >= 4 is 23.5 Å². The molecule has 0 fully saturated rings. The van der Waals surface area contributed by atoms with Gasteiger partial charge in [-0.25, -0.2) is 0 Å². The van der Waals surface area contributed by atoms with Gasteiger partial charge in [0, 0.05) is 18.2 Å². The van der Waals surface area contributed by atoms with Gasteiger partial charge in [0.25, 0.3) is 0 Å². The highest BCUT2D eigenvalue weighted by Crippen LogP contribution is 2.16. The van der Waals surface area contributed by atoms with Crippen molar-refractivity contribution in [3.8, 4) is 0 Å². The number of rotatable bonds is 5. The van der Waals surface area contributed by atoms with Crippen LogP contribution < -0.4 is 5.32 Å². The van der Waals surface area contributed by atoms with Gasteiger partial charge in [-0.1, -0.05) is 56.3 Å². The molecule has 118 valence electrons. The minimum atomic E-state index is -0.157. The molecular weight excluding hydrogens is 286 g/mol. The first-order valence-corrected chi connectivity index (χ1v) is 7.66. The Balaban J connectivity index is 2.10. The number of carbonyl (C=O) groups is 2. The lowest BCUT2D eigenvalue weighted by Gasteiger charge is -2.05. The number of hydrogen-bond donors (Lipinski definition) is 1. The third-order valence-corrected chi connectivity index (χ3v) is 3.50. The van der Waals surface area contributed by atoms with Crippen LogP contribution in [0.25, 0.3) is 6.08 Å². The first-order chi connectivity index (χ1) is 11.0. The lowest BCUT2D eigenvalue weighted by atomic mass is 10.0. The maximum atomic E-state index is 12.2. The molecular formula is C20H21NO2. The van der Waals surface area contributed by atoms with Crippen LogP contribution in [0.4, 0.5) is 5.69 Å². The van der Waals surface area contributed by atoms with E-state index < -0.39 is 0 Å². The van der Waals surface area contributed by atoms with Crippen molar-refractivity contribution in [3.63, 3.8) is 0 Å². The molecule has 1 N–H and O–H groups in total. The molecule has 0 aliphatic heterocycles. The number of amides is 1. The minimum absolute atomic E-state index is 0.0925. The first kappa shape index (κ1) is 16.7. The fraction of sp³-hybridized carbons (Fsp3) is 0.200. The van der Waals surface area contributed by atoms with Gasteiger partial charge in [-0.3, -0.25) is 9.59 Å². The molecule has 0 heterocycles. The number of benzene rings is 2. The molecule has 2 aromatic carbocycles. The molecule has 1 amide bonds. The molecule has 0 unspecified atom stereocenters. The predicted octanol–water partition coefficient (Wildman–Crippen LogP) is 4.66. The van der Waals surface area contributed by atoms with Gasteiger partial charge in [0.15, 0.2) is 5.78 Å². The number of allylic oxidation sites excluding steroid dienone is 1. The fourth-order valence-corrected chi connectivity index (χ4v) is 2.21. The van der Waals surface area contributed by atoms with E-state index in [1.807, 2.05) is 12.1 Å². The summed E-state index contributed by atoms with van der Waals surface area (Å²) in [5, 5.41) is 2.68. The van der Waals surface area contributed by atoms with Crippen LogP contribution >= 0.6 is 0 Å². The van der Waals surface area contributed by atoms with Crippen molar-refractivity contribution in [1.82, 2.24) is 0 Å². The fourth-order valence-electron chi connectivity index (χ4n) is 2.21. The molecule has 2 rings (SSSR count). The molecule has 3 heteroatoms. The van der Waals surface area contributed by atoms with E-state index in [4.69, 9.17) is 0 Å². The molecule has 0 saturated carbocycles. The number of ketones is 1. The maximum Gasteiger partial charge on any atom is 0.221 e. The van der Waals surface area contributed by atoms with Gasteiger partial charge in [0.1, 0.15) is 0 Å². The number of anilines is 1. The molecule has 0 saturated heterocycles. The Kier molecular flexibility index (Phi) is 5.47. The van der Waals surface area contributed by atoms with E-state index in [0.29, 0.717) is 17.2 Å². The number of nitrogens with one attached hydrogen (secondary N) is 1. The molecule has 0 aromatic heterocycles. The van der Waals surface area contributed by atoms with Crippen LogP contribution in [0.15, 0.2) is 54.6 Å². The van der Waals surface area contributed by atoms with Gasteiger partial charge < -0.3 is 5.32 Å². The molecule has 0 bridgehead atoms. The van der Waals surface area contributed by atoms with Gasteiger partial charge in [-0.2, -0.15) is 0 Å². The van der Waals surface area contributed by atoms with Crippen LogP contribution in [-0.4, -0.2) is 11.7 Å². The molecule has 0 aliphatic carbocycles. The number of carbonyl (C=O) groups excluding carboxylic acids is 2. The lowest BCUT2D eigenvalue weighted by molar-refractivity contribution is -0.114. The van der Waals surface area contributed by atoms with Crippen molar-refractivity contribution < 1.29 is 9.59 Å². The van der Waals surface area contributed by atoms with Gasteiger partial charge in [0.05, 0.1) is 0 Å². The standard InChI is InChI=1S/C20H21NO2/c1-14(2)17-10-7-16(8-11-17)9-12-20(23)18-5-4-6-19(13-18)21-15(3)22/h4-14H,1-3H3,(H,21,22)/b12-9+. The van der Waals surface area contributed by atoms with Crippen LogP contribution in [0.3, 0.4) is 0 Å². The summed E-state index contributed by atoms with van der Waals surface area (Å²) in [5.74, 6) is 0.242. The van der Waals surface area contributed by atoms with E-state index >= 15 is 0 Å². The third-order valence-electron chi connectivity index (χ3n) is 3.50. The first-order valence-electron chi connectivity index (χ1n) is 7.66. The third kappa shape index (κ3) is 4.92. The van der Waals surface area contributed by atoms with Crippen molar-refractivity contribution in [3.05, 3.63) is 71.3 Å². The second kappa shape index (κ2) is 7.54. The predicted molar refractivity (Wildman–Crippen MR) is 94.6 cm³/mol. The average Bonchev–Trinajstić information content (AvgIpc) is 2.52. The van der Waals surface area contributed by atoms with Crippen molar-refractivity contribution in [2.45, 2.75) is 26.7 Å². The van der Waals surface area contributed by atoms with E-state index in [0.717, 1.165) is 5.56 Å². The molecule has 23 heavy (non-hydrogen) atoms. The van der Waals surface area contributed by atoms with Gasteiger partial charge in [0.2, 0.25) is 5.91 Å². The number of hydrogen-bond acceptors (Lipinski definition) is 2. The molecule has 2 aromatic rings. The highest BCUT2D eigenvalue weighted by Gasteiger charge is 2.04. The highest BCUT2D eigenvalue weighted by molar-refractivity contribution is 6.07. The van der Waals surface area contributed by atoms with Crippen LogP contribution in [-0.2, 0) is 4.79 Å². The van der Waals surface area contributed by atoms with Gasteiger partial charge in [-0.05, 0) is 35.3 Å². The Bertz CT molecular complexity index is 728. The Morgan fingerprint density at radius 1 is 1.04 bits per heavy atom. The Morgan fingerprint density at radius 2 is 1.74 bits per heavy atom. The van der Waals surface area contributed by atoms with E-state index in [9.17, 15) is 9.59 Å². The van der Waals surface area contributed by atoms with Crippen LogP contribution in [0.5, 0.6) is 0 Å². The SMILES string of the molecule is CC(=O)Nc1cccc(C(=O)/C=C/c2ccc(C(C)C)cc2)c1. The summed E-state index contributed by atoms with van der Waals surface area (Å²) in [6, 6.07) is 15.1. The molecule has 0 aliphatic rings. The topological polar surface area (TPSA) is 46.2 Å². The van der Waals surface area contributed by atoms with Crippen LogP contribution in [0, 0.1) is 0 Å². The molecule has 0 spiro atoms. The smallest absolute Gasteiger partial charge is 0.221 e. The Morgan fingerprint density at radius 3 is 2.35 bits per heavy atom. The largest absolute Gasteiger partial charge is 0.326 e. The summed E-state index contributed by atoms with van der Waals surface area (Å²) < 4.78 is 0.